The predicted octanol–water partition coefficient (Wildman–Crippen LogP) is 1.88. The molecular weight excluding hydrogens is 196 g/mol. The molecule has 76 valence electrons. The highest BCUT2D eigenvalue weighted by Gasteiger charge is 2.14. The van der Waals surface area contributed by atoms with Crippen LogP contribution in [-0.2, 0) is 0 Å². The Morgan fingerprint density at radius 1 is 1.36 bits per heavy atom. The van der Waals surface area contributed by atoms with Gasteiger partial charge < -0.3 is 10.6 Å². The Kier molecular flexibility index (Phi) is 3.06. The van der Waals surface area contributed by atoms with Crippen LogP contribution >= 0.6 is 11.6 Å². The summed E-state index contributed by atoms with van der Waals surface area (Å²) >= 11 is 5.98. The lowest BCUT2D eigenvalue weighted by atomic mass is 10.0. The molecule has 0 aliphatic carbocycles. The van der Waals surface area contributed by atoms with Crippen LogP contribution in [0.1, 0.15) is 17.2 Å². The molecule has 0 unspecified atom stereocenters. The minimum Gasteiger partial charge on any atom is -0.314 e. The molecule has 3 heteroatoms. The molecule has 0 saturated carbocycles. The SMILES string of the molecule is Cc1cc([C@@H]2CNCCN2)ccc1Cl. The van der Waals surface area contributed by atoms with E-state index in [0.29, 0.717) is 6.04 Å². The van der Waals surface area contributed by atoms with Gasteiger partial charge in [-0.3, -0.25) is 0 Å². The Morgan fingerprint density at radius 3 is 2.86 bits per heavy atom. The second kappa shape index (κ2) is 4.30. The van der Waals surface area contributed by atoms with E-state index in [2.05, 4.69) is 22.8 Å². The van der Waals surface area contributed by atoms with Crippen LogP contribution in [0.2, 0.25) is 5.02 Å². The van der Waals surface area contributed by atoms with Gasteiger partial charge in [-0.15, -0.1) is 0 Å². The van der Waals surface area contributed by atoms with E-state index in [-0.39, 0.29) is 0 Å². The number of hydrogen-bond acceptors (Lipinski definition) is 2. The van der Waals surface area contributed by atoms with Gasteiger partial charge >= 0.3 is 0 Å². The van der Waals surface area contributed by atoms with Crippen LogP contribution in [0.25, 0.3) is 0 Å². The maximum atomic E-state index is 5.98. The number of piperazine rings is 1. The van der Waals surface area contributed by atoms with Crippen molar-refractivity contribution in [3.8, 4) is 0 Å². The van der Waals surface area contributed by atoms with Crippen LogP contribution < -0.4 is 10.6 Å². The Hall–Kier alpha value is -0.570. The van der Waals surface area contributed by atoms with E-state index in [1.54, 1.807) is 0 Å². The van der Waals surface area contributed by atoms with Crippen LogP contribution in [0.5, 0.6) is 0 Å². The molecule has 1 saturated heterocycles. The number of benzene rings is 1. The zero-order valence-electron chi connectivity index (χ0n) is 8.31. The van der Waals surface area contributed by atoms with Crippen LogP contribution in [0.3, 0.4) is 0 Å². The molecule has 2 nitrogen and oxygen atoms in total. The highest BCUT2D eigenvalue weighted by Crippen LogP contribution is 2.21. The molecule has 1 aromatic carbocycles. The standard InChI is InChI=1S/C11H15ClN2/c1-8-6-9(2-3-10(8)12)11-7-13-4-5-14-11/h2-3,6,11,13-14H,4-5,7H2,1H3/t11-/m0/s1. The molecule has 0 amide bonds. The van der Waals surface area contributed by atoms with Gasteiger partial charge in [0.05, 0.1) is 0 Å². The lowest BCUT2D eigenvalue weighted by Crippen LogP contribution is -2.42. The van der Waals surface area contributed by atoms with Crippen LogP contribution in [0.4, 0.5) is 0 Å². The number of halogens is 1. The highest BCUT2D eigenvalue weighted by atomic mass is 35.5. The van der Waals surface area contributed by atoms with Crippen molar-refractivity contribution in [2.45, 2.75) is 13.0 Å². The second-order valence-corrected chi connectivity index (χ2v) is 4.13. The Morgan fingerprint density at radius 2 is 2.21 bits per heavy atom. The Labute approximate surface area is 89.7 Å². The van der Waals surface area contributed by atoms with Gasteiger partial charge in [0.1, 0.15) is 0 Å². The average Bonchev–Trinajstić information content (AvgIpc) is 2.23. The van der Waals surface area contributed by atoms with Gasteiger partial charge in [-0.25, -0.2) is 0 Å². The zero-order chi connectivity index (χ0) is 9.97. The highest BCUT2D eigenvalue weighted by molar-refractivity contribution is 6.31. The molecule has 14 heavy (non-hydrogen) atoms. The molecule has 1 aliphatic rings. The van der Waals surface area contributed by atoms with Crippen LogP contribution in [0.15, 0.2) is 18.2 Å². The molecule has 1 fully saturated rings. The quantitative estimate of drug-likeness (QED) is 0.740. The topological polar surface area (TPSA) is 24.1 Å². The predicted molar refractivity (Wildman–Crippen MR) is 59.8 cm³/mol. The lowest BCUT2D eigenvalue weighted by molar-refractivity contribution is 0.430. The fourth-order valence-corrected chi connectivity index (χ4v) is 1.89. The zero-order valence-corrected chi connectivity index (χ0v) is 9.06. The van der Waals surface area contributed by atoms with E-state index < -0.39 is 0 Å². The summed E-state index contributed by atoms with van der Waals surface area (Å²) in [5.41, 5.74) is 2.47. The van der Waals surface area contributed by atoms with Crippen molar-refractivity contribution in [3.63, 3.8) is 0 Å². The van der Waals surface area contributed by atoms with Crippen molar-refractivity contribution in [3.05, 3.63) is 34.3 Å². The third-order valence-electron chi connectivity index (χ3n) is 2.63. The van der Waals surface area contributed by atoms with E-state index in [1.807, 2.05) is 13.0 Å². The molecule has 1 atom stereocenters. The molecule has 0 spiro atoms. The van der Waals surface area contributed by atoms with E-state index >= 15 is 0 Å². The van der Waals surface area contributed by atoms with Gasteiger partial charge in [0.15, 0.2) is 0 Å². The summed E-state index contributed by atoms with van der Waals surface area (Å²) in [6, 6.07) is 6.66. The van der Waals surface area contributed by atoms with E-state index in [9.17, 15) is 0 Å². The second-order valence-electron chi connectivity index (χ2n) is 3.72. The van der Waals surface area contributed by atoms with Crippen molar-refractivity contribution >= 4 is 11.6 Å². The monoisotopic (exact) mass is 210 g/mol. The molecule has 0 aromatic heterocycles. The summed E-state index contributed by atoms with van der Waals surface area (Å²) in [5.74, 6) is 0. The first-order valence-electron chi connectivity index (χ1n) is 4.97. The molecule has 0 bridgehead atoms. The van der Waals surface area contributed by atoms with E-state index in [4.69, 9.17) is 11.6 Å². The summed E-state index contributed by atoms with van der Waals surface area (Å²) in [6.45, 7) is 5.14. The first-order chi connectivity index (χ1) is 6.77. The number of aryl methyl sites for hydroxylation is 1. The first-order valence-corrected chi connectivity index (χ1v) is 5.35. The first kappa shape index (κ1) is 9.97. The Balaban J connectivity index is 2.18. The van der Waals surface area contributed by atoms with Crippen molar-refractivity contribution in [2.75, 3.05) is 19.6 Å². The lowest BCUT2D eigenvalue weighted by Gasteiger charge is -2.25. The molecule has 1 aliphatic heterocycles. The summed E-state index contributed by atoms with van der Waals surface area (Å²) in [4.78, 5) is 0. The summed E-state index contributed by atoms with van der Waals surface area (Å²) < 4.78 is 0. The molecule has 0 radical (unpaired) electrons. The van der Waals surface area contributed by atoms with E-state index in [0.717, 1.165) is 30.2 Å². The van der Waals surface area contributed by atoms with Crippen LogP contribution in [0, 0.1) is 6.92 Å². The third kappa shape index (κ3) is 2.08. The summed E-state index contributed by atoms with van der Waals surface area (Å²) in [5, 5.41) is 7.69. The fourth-order valence-electron chi connectivity index (χ4n) is 1.77. The molecule has 2 rings (SSSR count). The minimum atomic E-state index is 0.430. The summed E-state index contributed by atoms with van der Waals surface area (Å²) in [6.07, 6.45) is 0. The van der Waals surface area contributed by atoms with Gasteiger partial charge in [0.25, 0.3) is 0 Å². The van der Waals surface area contributed by atoms with Gasteiger partial charge in [0, 0.05) is 30.7 Å². The number of hydrogen-bond donors (Lipinski definition) is 2. The van der Waals surface area contributed by atoms with Crippen molar-refractivity contribution in [1.82, 2.24) is 10.6 Å². The maximum Gasteiger partial charge on any atom is 0.0447 e. The fraction of sp³-hybridized carbons (Fsp3) is 0.455. The number of rotatable bonds is 1. The minimum absolute atomic E-state index is 0.430. The normalized spacial score (nSPS) is 22.3. The molecule has 1 heterocycles. The smallest absolute Gasteiger partial charge is 0.0447 e. The molecular formula is C11H15ClN2. The van der Waals surface area contributed by atoms with Gasteiger partial charge in [-0.2, -0.15) is 0 Å². The largest absolute Gasteiger partial charge is 0.314 e. The van der Waals surface area contributed by atoms with Gasteiger partial charge in [0.2, 0.25) is 0 Å². The van der Waals surface area contributed by atoms with Gasteiger partial charge in [-0.05, 0) is 24.1 Å². The van der Waals surface area contributed by atoms with Crippen molar-refractivity contribution in [1.29, 1.82) is 0 Å². The Bertz CT molecular complexity index is 319. The molecule has 1 aromatic rings. The number of nitrogens with one attached hydrogen (secondary N) is 2. The maximum absolute atomic E-state index is 5.98. The van der Waals surface area contributed by atoms with E-state index in [1.165, 1.54) is 5.56 Å². The summed E-state index contributed by atoms with van der Waals surface area (Å²) in [7, 11) is 0. The third-order valence-corrected chi connectivity index (χ3v) is 3.05. The van der Waals surface area contributed by atoms with Crippen molar-refractivity contribution < 1.29 is 0 Å². The van der Waals surface area contributed by atoms with Crippen LogP contribution in [-0.4, -0.2) is 19.6 Å². The van der Waals surface area contributed by atoms with Gasteiger partial charge in [-0.1, -0.05) is 23.7 Å². The average molecular weight is 211 g/mol. The molecule has 2 N–H and O–H groups in total. The van der Waals surface area contributed by atoms with Crippen molar-refractivity contribution in [2.24, 2.45) is 0 Å².